The van der Waals surface area contributed by atoms with Crippen molar-refractivity contribution in [1.29, 1.82) is 0 Å². The zero-order valence-electron chi connectivity index (χ0n) is 11.8. The van der Waals surface area contributed by atoms with Gasteiger partial charge in [0, 0.05) is 45.9 Å². The lowest BCUT2D eigenvalue weighted by Crippen LogP contribution is -2.53. The summed E-state index contributed by atoms with van der Waals surface area (Å²) in [7, 11) is 1.77. The van der Waals surface area contributed by atoms with Gasteiger partial charge in [0.25, 0.3) is 0 Å². The maximum absolute atomic E-state index is 5.60. The van der Waals surface area contributed by atoms with Crippen molar-refractivity contribution in [2.45, 2.75) is 32.9 Å². The van der Waals surface area contributed by atoms with E-state index in [2.05, 4.69) is 30.6 Å². The Morgan fingerprint density at radius 3 is 2.53 bits per heavy atom. The molecule has 1 heterocycles. The van der Waals surface area contributed by atoms with Crippen molar-refractivity contribution in [1.82, 2.24) is 9.80 Å². The van der Waals surface area contributed by atoms with Gasteiger partial charge >= 0.3 is 0 Å². The monoisotopic (exact) mass is 244 g/mol. The van der Waals surface area contributed by atoms with Gasteiger partial charge in [-0.15, -0.1) is 0 Å². The van der Waals surface area contributed by atoms with Crippen molar-refractivity contribution in [3.8, 4) is 0 Å². The molecule has 1 fully saturated rings. The third-order valence-corrected chi connectivity index (χ3v) is 3.29. The summed E-state index contributed by atoms with van der Waals surface area (Å²) < 4.78 is 10.7. The van der Waals surface area contributed by atoms with Crippen LogP contribution in [-0.2, 0) is 9.47 Å². The van der Waals surface area contributed by atoms with Gasteiger partial charge in [-0.3, -0.25) is 9.80 Å². The summed E-state index contributed by atoms with van der Waals surface area (Å²) in [6, 6.07) is 0.623. The van der Waals surface area contributed by atoms with Crippen LogP contribution < -0.4 is 0 Å². The molecular formula is C13H28N2O2. The van der Waals surface area contributed by atoms with Gasteiger partial charge in [-0.1, -0.05) is 0 Å². The number of rotatable bonds is 7. The molecule has 0 aromatic heterocycles. The van der Waals surface area contributed by atoms with Gasteiger partial charge in [0.05, 0.1) is 19.3 Å². The summed E-state index contributed by atoms with van der Waals surface area (Å²) in [6.45, 7) is 13.7. The van der Waals surface area contributed by atoms with Gasteiger partial charge < -0.3 is 9.47 Å². The van der Waals surface area contributed by atoms with E-state index in [-0.39, 0.29) is 0 Å². The van der Waals surface area contributed by atoms with Crippen LogP contribution >= 0.6 is 0 Å². The molecule has 4 nitrogen and oxygen atoms in total. The fraction of sp³-hybridized carbons (Fsp3) is 1.00. The fourth-order valence-corrected chi connectivity index (χ4v) is 2.23. The Balaban J connectivity index is 2.17. The molecule has 0 bridgehead atoms. The van der Waals surface area contributed by atoms with E-state index in [0.717, 1.165) is 45.9 Å². The van der Waals surface area contributed by atoms with Crippen LogP contribution in [0.1, 0.15) is 20.8 Å². The Bertz CT molecular complexity index is 200. The van der Waals surface area contributed by atoms with E-state index in [1.165, 1.54) is 0 Å². The number of hydrogen-bond donors (Lipinski definition) is 0. The van der Waals surface area contributed by atoms with E-state index in [1.54, 1.807) is 7.11 Å². The van der Waals surface area contributed by atoms with Crippen molar-refractivity contribution < 1.29 is 9.47 Å². The van der Waals surface area contributed by atoms with Crippen molar-refractivity contribution >= 4 is 0 Å². The van der Waals surface area contributed by atoms with E-state index in [1.807, 2.05) is 0 Å². The molecule has 0 aromatic carbocycles. The molecule has 1 aliphatic heterocycles. The van der Waals surface area contributed by atoms with Crippen LogP contribution in [0, 0.1) is 0 Å². The predicted molar refractivity (Wildman–Crippen MR) is 70.4 cm³/mol. The van der Waals surface area contributed by atoms with Gasteiger partial charge in [0.15, 0.2) is 0 Å². The van der Waals surface area contributed by atoms with Gasteiger partial charge in [-0.25, -0.2) is 0 Å². The minimum atomic E-state index is 0.343. The van der Waals surface area contributed by atoms with E-state index >= 15 is 0 Å². The highest BCUT2D eigenvalue weighted by atomic mass is 16.5. The number of nitrogens with zero attached hydrogens (tertiary/aromatic N) is 2. The van der Waals surface area contributed by atoms with E-state index < -0.39 is 0 Å². The Hall–Kier alpha value is -0.160. The largest absolute Gasteiger partial charge is 0.383 e. The summed E-state index contributed by atoms with van der Waals surface area (Å²) in [5.41, 5.74) is 0. The number of piperazine rings is 1. The number of methoxy groups -OCH3 is 1. The lowest BCUT2D eigenvalue weighted by molar-refractivity contribution is 0.0239. The van der Waals surface area contributed by atoms with E-state index in [4.69, 9.17) is 9.47 Å². The molecule has 0 aliphatic carbocycles. The Morgan fingerprint density at radius 1 is 1.18 bits per heavy atom. The first-order chi connectivity index (χ1) is 8.13. The molecule has 1 atom stereocenters. The number of hydrogen-bond acceptors (Lipinski definition) is 4. The smallest absolute Gasteiger partial charge is 0.0596 e. The van der Waals surface area contributed by atoms with Crippen LogP contribution in [0.4, 0.5) is 0 Å². The SMILES string of the molecule is COCCN1CCN(CCOC(C)C)C[C@H]1C. The Morgan fingerprint density at radius 2 is 1.94 bits per heavy atom. The topological polar surface area (TPSA) is 24.9 Å². The quantitative estimate of drug-likeness (QED) is 0.669. The van der Waals surface area contributed by atoms with Crippen LogP contribution in [0.25, 0.3) is 0 Å². The average Bonchev–Trinajstić information content (AvgIpc) is 2.27. The Labute approximate surface area is 106 Å². The molecule has 17 heavy (non-hydrogen) atoms. The van der Waals surface area contributed by atoms with E-state index in [0.29, 0.717) is 12.1 Å². The van der Waals surface area contributed by atoms with Gasteiger partial charge in [0.1, 0.15) is 0 Å². The molecule has 0 amide bonds. The third kappa shape index (κ3) is 5.82. The summed E-state index contributed by atoms with van der Waals surface area (Å²) in [5.74, 6) is 0. The average molecular weight is 244 g/mol. The normalized spacial score (nSPS) is 23.5. The highest BCUT2D eigenvalue weighted by molar-refractivity contribution is 4.78. The lowest BCUT2D eigenvalue weighted by atomic mass is 10.2. The highest BCUT2D eigenvalue weighted by Gasteiger charge is 2.22. The fourth-order valence-electron chi connectivity index (χ4n) is 2.23. The second-order valence-corrected chi connectivity index (χ2v) is 5.10. The van der Waals surface area contributed by atoms with E-state index in [9.17, 15) is 0 Å². The maximum Gasteiger partial charge on any atom is 0.0596 e. The molecular weight excluding hydrogens is 216 g/mol. The summed E-state index contributed by atoms with van der Waals surface area (Å²) >= 11 is 0. The van der Waals surface area contributed by atoms with Crippen molar-refractivity contribution in [2.24, 2.45) is 0 Å². The Kier molecular flexibility index (Phi) is 7.04. The maximum atomic E-state index is 5.60. The molecule has 102 valence electrons. The molecule has 1 rings (SSSR count). The summed E-state index contributed by atoms with van der Waals surface area (Å²) in [6.07, 6.45) is 0.343. The van der Waals surface area contributed by atoms with Gasteiger partial charge in [0.2, 0.25) is 0 Å². The van der Waals surface area contributed by atoms with Gasteiger partial charge in [-0.05, 0) is 20.8 Å². The zero-order chi connectivity index (χ0) is 12.7. The molecule has 0 N–H and O–H groups in total. The summed E-state index contributed by atoms with van der Waals surface area (Å²) in [4.78, 5) is 5.00. The second-order valence-electron chi connectivity index (χ2n) is 5.10. The van der Waals surface area contributed by atoms with Crippen LogP contribution in [-0.4, -0.2) is 75.0 Å². The molecule has 1 saturated heterocycles. The summed E-state index contributed by atoms with van der Waals surface area (Å²) in [5, 5.41) is 0. The molecule has 0 radical (unpaired) electrons. The van der Waals surface area contributed by atoms with Crippen LogP contribution in [0.15, 0.2) is 0 Å². The lowest BCUT2D eigenvalue weighted by Gasteiger charge is -2.39. The van der Waals surface area contributed by atoms with Crippen molar-refractivity contribution in [2.75, 3.05) is 53.0 Å². The highest BCUT2D eigenvalue weighted by Crippen LogP contribution is 2.08. The third-order valence-electron chi connectivity index (χ3n) is 3.29. The number of ether oxygens (including phenoxy) is 2. The van der Waals surface area contributed by atoms with Crippen molar-refractivity contribution in [3.63, 3.8) is 0 Å². The molecule has 4 heteroatoms. The molecule has 1 aliphatic rings. The molecule has 0 spiro atoms. The zero-order valence-corrected chi connectivity index (χ0v) is 11.8. The van der Waals surface area contributed by atoms with Crippen LogP contribution in [0.5, 0.6) is 0 Å². The van der Waals surface area contributed by atoms with Crippen LogP contribution in [0.3, 0.4) is 0 Å². The standard InChI is InChI=1S/C13H28N2O2/c1-12(2)17-10-7-14-5-6-15(8-9-16-4)13(3)11-14/h12-13H,5-11H2,1-4H3/t13-/m1/s1. The second kappa shape index (κ2) is 8.03. The first-order valence-electron chi connectivity index (χ1n) is 6.70. The molecule has 0 saturated carbocycles. The minimum Gasteiger partial charge on any atom is -0.383 e. The van der Waals surface area contributed by atoms with Crippen molar-refractivity contribution in [3.05, 3.63) is 0 Å². The predicted octanol–water partition coefficient (Wildman–Crippen LogP) is 1.06. The first kappa shape index (κ1) is 14.9. The first-order valence-corrected chi connectivity index (χ1v) is 6.70. The minimum absolute atomic E-state index is 0.343. The molecule has 0 unspecified atom stereocenters. The van der Waals surface area contributed by atoms with Gasteiger partial charge in [-0.2, -0.15) is 0 Å². The van der Waals surface area contributed by atoms with Crippen LogP contribution in [0.2, 0.25) is 0 Å². The molecule has 0 aromatic rings.